The SMILES string of the molecule is CC(C)(C)C(=O)CCC1=CCC=N1. The lowest BCUT2D eigenvalue weighted by Crippen LogP contribution is -2.19. The Morgan fingerprint density at radius 3 is 2.69 bits per heavy atom. The van der Waals surface area contributed by atoms with Gasteiger partial charge in [0.05, 0.1) is 0 Å². The Hall–Kier alpha value is -0.920. The van der Waals surface area contributed by atoms with Crippen LogP contribution in [0.15, 0.2) is 16.8 Å². The van der Waals surface area contributed by atoms with E-state index in [4.69, 9.17) is 0 Å². The topological polar surface area (TPSA) is 29.4 Å². The lowest BCUT2D eigenvalue weighted by Gasteiger charge is -2.15. The molecule has 72 valence electrons. The van der Waals surface area contributed by atoms with E-state index in [0.717, 1.165) is 18.5 Å². The molecule has 0 N–H and O–H groups in total. The molecule has 0 saturated heterocycles. The first kappa shape index (κ1) is 10.2. The summed E-state index contributed by atoms with van der Waals surface area (Å²) >= 11 is 0. The van der Waals surface area contributed by atoms with Crippen LogP contribution in [0.25, 0.3) is 0 Å². The van der Waals surface area contributed by atoms with E-state index < -0.39 is 0 Å². The molecule has 1 aliphatic rings. The van der Waals surface area contributed by atoms with Crippen molar-refractivity contribution in [2.75, 3.05) is 0 Å². The molecule has 0 spiro atoms. The van der Waals surface area contributed by atoms with Crippen LogP contribution in [0.3, 0.4) is 0 Å². The van der Waals surface area contributed by atoms with Gasteiger partial charge in [-0.05, 0) is 6.42 Å². The molecule has 0 saturated carbocycles. The van der Waals surface area contributed by atoms with Gasteiger partial charge in [-0.1, -0.05) is 26.8 Å². The number of carbonyl (C=O) groups excluding carboxylic acids is 1. The van der Waals surface area contributed by atoms with Crippen LogP contribution in [-0.2, 0) is 4.79 Å². The summed E-state index contributed by atoms with van der Waals surface area (Å²) in [7, 11) is 0. The molecule has 0 fully saturated rings. The fourth-order valence-electron chi connectivity index (χ4n) is 1.19. The van der Waals surface area contributed by atoms with E-state index in [-0.39, 0.29) is 5.41 Å². The molecule has 1 heterocycles. The van der Waals surface area contributed by atoms with E-state index >= 15 is 0 Å². The largest absolute Gasteiger partial charge is 0.299 e. The summed E-state index contributed by atoms with van der Waals surface area (Å²) < 4.78 is 0. The molecule has 2 heteroatoms. The van der Waals surface area contributed by atoms with Crippen LogP contribution in [0, 0.1) is 5.41 Å². The van der Waals surface area contributed by atoms with E-state index in [0.29, 0.717) is 12.2 Å². The third kappa shape index (κ3) is 3.13. The van der Waals surface area contributed by atoms with Gasteiger partial charge < -0.3 is 0 Å². The third-order valence-electron chi connectivity index (χ3n) is 2.16. The number of aliphatic imine (C=N–C) groups is 1. The van der Waals surface area contributed by atoms with Crippen molar-refractivity contribution in [2.24, 2.45) is 10.4 Å². The van der Waals surface area contributed by atoms with E-state index in [1.807, 2.05) is 27.0 Å². The first-order valence-electron chi connectivity index (χ1n) is 4.75. The minimum absolute atomic E-state index is 0.205. The van der Waals surface area contributed by atoms with Crippen LogP contribution < -0.4 is 0 Å². The van der Waals surface area contributed by atoms with Gasteiger partial charge in [0.1, 0.15) is 5.78 Å². The Bertz CT molecular complexity index is 256. The van der Waals surface area contributed by atoms with Gasteiger partial charge in [-0.3, -0.25) is 9.79 Å². The zero-order chi connectivity index (χ0) is 9.90. The fraction of sp³-hybridized carbons (Fsp3) is 0.636. The van der Waals surface area contributed by atoms with E-state index in [9.17, 15) is 4.79 Å². The normalized spacial score (nSPS) is 16.1. The second kappa shape index (κ2) is 3.86. The van der Waals surface area contributed by atoms with E-state index in [1.54, 1.807) is 0 Å². The summed E-state index contributed by atoms with van der Waals surface area (Å²) in [6, 6.07) is 0. The summed E-state index contributed by atoms with van der Waals surface area (Å²) in [6.45, 7) is 5.88. The Kier molecular flexibility index (Phi) is 3.02. The molecular formula is C11H17NO. The fourth-order valence-corrected chi connectivity index (χ4v) is 1.19. The second-order valence-corrected chi connectivity index (χ2v) is 4.42. The predicted octanol–water partition coefficient (Wildman–Crippen LogP) is 2.74. The zero-order valence-electron chi connectivity index (χ0n) is 8.63. The Balaban J connectivity index is 2.35. The van der Waals surface area contributed by atoms with E-state index in [2.05, 4.69) is 11.1 Å². The third-order valence-corrected chi connectivity index (χ3v) is 2.16. The quantitative estimate of drug-likeness (QED) is 0.655. The monoisotopic (exact) mass is 179 g/mol. The van der Waals surface area contributed by atoms with Crippen molar-refractivity contribution in [3.05, 3.63) is 11.8 Å². The van der Waals surface area contributed by atoms with Gasteiger partial charge in [-0.2, -0.15) is 0 Å². The minimum Gasteiger partial charge on any atom is -0.299 e. The highest BCUT2D eigenvalue weighted by molar-refractivity contribution is 5.83. The Morgan fingerprint density at radius 1 is 1.54 bits per heavy atom. The highest BCUT2D eigenvalue weighted by atomic mass is 16.1. The summed E-state index contributed by atoms with van der Waals surface area (Å²) in [5, 5.41) is 0. The summed E-state index contributed by atoms with van der Waals surface area (Å²) in [6.07, 6.45) is 6.31. The standard InChI is InChI=1S/C11H17NO/c1-11(2,3)10(13)7-6-9-5-4-8-12-9/h5,8H,4,6-7H2,1-3H3. The van der Waals surface area contributed by atoms with Crippen molar-refractivity contribution in [3.8, 4) is 0 Å². The van der Waals surface area contributed by atoms with Crippen molar-refractivity contribution in [1.29, 1.82) is 0 Å². The maximum Gasteiger partial charge on any atom is 0.138 e. The van der Waals surface area contributed by atoms with Crippen LogP contribution >= 0.6 is 0 Å². The summed E-state index contributed by atoms with van der Waals surface area (Å²) in [4.78, 5) is 15.7. The van der Waals surface area contributed by atoms with Crippen LogP contribution in [0.2, 0.25) is 0 Å². The molecule has 0 aliphatic carbocycles. The molecule has 0 aromatic carbocycles. The van der Waals surface area contributed by atoms with Gasteiger partial charge in [-0.25, -0.2) is 0 Å². The van der Waals surface area contributed by atoms with Crippen molar-refractivity contribution in [3.63, 3.8) is 0 Å². The number of hydrogen-bond donors (Lipinski definition) is 0. The lowest BCUT2D eigenvalue weighted by molar-refractivity contribution is -0.126. The van der Waals surface area contributed by atoms with Crippen molar-refractivity contribution in [2.45, 2.75) is 40.0 Å². The van der Waals surface area contributed by atoms with Crippen molar-refractivity contribution < 1.29 is 4.79 Å². The highest BCUT2D eigenvalue weighted by Crippen LogP contribution is 2.20. The molecule has 0 aromatic rings. The number of allylic oxidation sites excluding steroid dienone is 2. The molecule has 0 aromatic heterocycles. The molecule has 1 aliphatic heterocycles. The average Bonchev–Trinajstić information content (AvgIpc) is 2.50. The first-order valence-corrected chi connectivity index (χ1v) is 4.75. The number of Topliss-reactive ketones (excluding diaryl/α,β-unsaturated/α-hetero) is 1. The van der Waals surface area contributed by atoms with Gasteiger partial charge in [0, 0.05) is 30.2 Å². The zero-order valence-corrected chi connectivity index (χ0v) is 8.63. The minimum atomic E-state index is -0.205. The van der Waals surface area contributed by atoms with Gasteiger partial charge in [-0.15, -0.1) is 0 Å². The van der Waals surface area contributed by atoms with Gasteiger partial charge in [0.25, 0.3) is 0 Å². The van der Waals surface area contributed by atoms with Crippen LogP contribution in [0.4, 0.5) is 0 Å². The second-order valence-electron chi connectivity index (χ2n) is 4.42. The summed E-state index contributed by atoms with van der Waals surface area (Å²) in [5.74, 6) is 0.315. The number of nitrogens with zero attached hydrogens (tertiary/aromatic N) is 1. The van der Waals surface area contributed by atoms with Crippen LogP contribution in [0.5, 0.6) is 0 Å². The average molecular weight is 179 g/mol. The molecule has 2 nitrogen and oxygen atoms in total. The van der Waals surface area contributed by atoms with Crippen molar-refractivity contribution in [1.82, 2.24) is 0 Å². The molecule has 13 heavy (non-hydrogen) atoms. The molecule has 0 unspecified atom stereocenters. The van der Waals surface area contributed by atoms with Gasteiger partial charge in [0.2, 0.25) is 0 Å². The molecular weight excluding hydrogens is 162 g/mol. The lowest BCUT2D eigenvalue weighted by atomic mass is 9.88. The van der Waals surface area contributed by atoms with Crippen molar-refractivity contribution >= 4 is 12.0 Å². The maximum atomic E-state index is 11.5. The molecule has 1 rings (SSSR count). The first-order chi connectivity index (χ1) is 6.00. The Labute approximate surface area is 79.8 Å². The number of carbonyl (C=O) groups is 1. The van der Waals surface area contributed by atoms with Gasteiger partial charge >= 0.3 is 0 Å². The molecule has 0 amide bonds. The molecule has 0 radical (unpaired) electrons. The van der Waals surface area contributed by atoms with Crippen LogP contribution in [-0.4, -0.2) is 12.0 Å². The number of hydrogen-bond acceptors (Lipinski definition) is 2. The number of rotatable bonds is 3. The molecule has 0 atom stereocenters. The predicted molar refractivity (Wildman–Crippen MR) is 54.9 cm³/mol. The summed E-state index contributed by atoms with van der Waals surface area (Å²) in [5.41, 5.74) is 0.862. The van der Waals surface area contributed by atoms with Gasteiger partial charge in [0.15, 0.2) is 0 Å². The molecule has 0 bridgehead atoms. The van der Waals surface area contributed by atoms with Crippen LogP contribution in [0.1, 0.15) is 40.0 Å². The van der Waals surface area contributed by atoms with E-state index in [1.165, 1.54) is 0 Å². The maximum absolute atomic E-state index is 11.5. The smallest absolute Gasteiger partial charge is 0.138 e. The number of ketones is 1. The Morgan fingerprint density at radius 2 is 2.23 bits per heavy atom. The highest BCUT2D eigenvalue weighted by Gasteiger charge is 2.20.